The lowest BCUT2D eigenvalue weighted by Gasteiger charge is -2.23. The molecule has 3 N–H and O–H groups in total. The van der Waals surface area contributed by atoms with Gasteiger partial charge in [-0.25, -0.2) is 9.38 Å². The zero-order chi connectivity index (χ0) is 19.2. The first-order valence-electron chi connectivity index (χ1n) is 8.28. The molecule has 2 aromatic rings. The second-order valence-electron chi connectivity index (χ2n) is 6.14. The number of aliphatic imine (C=N–C) groups is 1. The number of guanidine groups is 1. The maximum Gasteiger partial charge on any atom is 0.191 e. The minimum absolute atomic E-state index is 0.0751. The van der Waals surface area contributed by atoms with E-state index < -0.39 is 11.4 Å². The van der Waals surface area contributed by atoms with E-state index in [9.17, 15) is 9.50 Å². The van der Waals surface area contributed by atoms with E-state index in [1.54, 1.807) is 31.0 Å². The van der Waals surface area contributed by atoms with Gasteiger partial charge in [-0.15, -0.1) is 0 Å². The molecule has 2 rings (SSSR count). The van der Waals surface area contributed by atoms with Gasteiger partial charge in [0.1, 0.15) is 11.4 Å². The standard InChI is InChI=1S/C18H23FN6O/c1-4-21-17(22-9-14-7-13(8-20)5-6-16(14)19)23-12-18(2,26)15-10-24-25(3)11-15/h5-7,10-11,26H,4,9,12H2,1-3H3,(H2,21,22,23). The van der Waals surface area contributed by atoms with Crippen molar-refractivity contribution < 1.29 is 9.50 Å². The zero-order valence-electron chi connectivity index (χ0n) is 15.1. The fourth-order valence-corrected chi connectivity index (χ4v) is 2.33. The molecule has 0 amide bonds. The Morgan fingerprint density at radius 3 is 2.85 bits per heavy atom. The monoisotopic (exact) mass is 358 g/mol. The maximum absolute atomic E-state index is 13.9. The zero-order valence-corrected chi connectivity index (χ0v) is 15.1. The van der Waals surface area contributed by atoms with Gasteiger partial charge in [0.25, 0.3) is 0 Å². The van der Waals surface area contributed by atoms with Gasteiger partial charge in [-0.2, -0.15) is 10.4 Å². The van der Waals surface area contributed by atoms with E-state index in [4.69, 9.17) is 5.26 Å². The van der Waals surface area contributed by atoms with Gasteiger partial charge in [0.2, 0.25) is 0 Å². The van der Waals surface area contributed by atoms with Gasteiger partial charge in [-0.05, 0) is 32.0 Å². The van der Waals surface area contributed by atoms with Crippen molar-refractivity contribution in [3.8, 4) is 6.07 Å². The Morgan fingerprint density at radius 2 is 2.23 bits per heavy atom. The lowest BCUT2D eigenvalue weighted by atomic mass is 10.00. The number of halogens is 1. The molecule has 0 aliphatic rings. The molecule has 0 fully saturated rings. The second kappa shape index (κ2) is 8.45. The smallest absolute Gasteiger partial charge is 0.191 e. The predicted molar refractivity (Wildman–Crippen MR) is 96.7 cm³/mol. The summed E-state index contributed by atoms with van der Waals surface area (Å²) in [5.41, 5.74) is 0.252. The lowest BCUT2D eigenvalue weighted by molar-refractivity contribution is 0.0616. The molecule has 0 saturated heterocycles. The van der Waals surface area contributed by atoms with E-state index >= 15 is 0 Å². The molecule has 0 radical (unpaired) electrons. The molecule has 1 heterocycles. The van der Waals surface area contributed by atoms with Gasteiger partial charge in [0, 0.05) is 30.9 Å². The van der Waals surface area contributed by atoms with Crippen molar-refractivity contribution in [3.05, 3.63) is 53.1 Å². The molecule has 0 saturated carbocycles. The van der Waals surface area contributed by atoms with Gasteiger partial charge in [0.15, 0.2) is 5.96 Å². The summed E-state index contributed by atoms with van der Waals surface area (Å²) < 4.78 is 15.5. The number of aliphatic hydroxyl groups is 1. The first-order chi connectivity index (χ1) is 12.4. The Hall–Kier alpha value is -2.92. The number of aryl methyl sites for hydroxylation is 1. The summed E-state index contributed by atoms with van der Waals surface area (Å²) in [6.45, 7) is 4.47. The summed E-state index contributed by atoms with van der Waals surface area (Å²) in [5, 5.41) is 29.7. The van der Waals surface area contributed by atoms with E-state index in [1.165, 1.54) is 18.2 Å². The Balaban J connectivity index is 2.08. The maximum atomic E-state index is 13.9. The molecular formula is C18H23FN6O. The third-order valence-corrected chi connectivity index (χ3v) is 3.85. The van der Waals surface area contributed by atoms with E-state index in [1.807, 2.05) is 13.0 Å². The molecule has 1 aromatic carbocycles. The van der Waals surface area contributed by atoms with Crippen LogP contribution in [0.2, 0.25) is 0 Å². The van der Waals surface area contributed by atoms with Crippen LogP contribution in [0.15, 0.2) is 35.6 Å². The van der Waals surface area contributed by atoms with E-state index in [0.29, 0.717) is 29.2 Å². The van der Waals surface area contributed by atoms with Crippen LogP contribution in [0, 0.1) is 17.1 Å². The van der Waals surface area contributed by atoms with Crippen molar-refractivity contribution in [2.75, 3.05) is 13.1 Å². The molecule has 8 heteroatoms. The second-order valence-corrected chi connectivity index (χ2v) is 6.14. The molecule has 138 valence electrons. The van der Waals surface area contributed by atoms with Crippen LogP contribution in [0.1, 0.15) is 30.5 Å². The molecule has 1 unspecified atom stereocenters. The molecule has 0 aliphatic carbocycles. The van der Waals surface area contributed by atoms with E-state index in [-0.39, 0.29) is 13.1 Å². The number of hydrogen-bond donors (Lipinski definition) is 3. The van der Waals surface area contributed by atoms with E-state index in [0.717, 1.165) is 0 Å². The number of nitrogens with zero attached hydrogens (tertiary/aromatic N) is 4. The normalized spacial score (nSPS) is 13.8. The molecular weight excluding hydrogens is 335 g/mol. The van der Waals surface area contributed by atoms with Crippen LogP contribution in [-0.2, 0) is 19.2 Å². The van der Waals surface area contributed by atoms with Crippen LogP contribution < -0.4 is 10.6 Å². The number of rotatable bonds is 6. The first kappa shape index (κ1) is 19.4. The molecule has 1 aromatic heterocycles. The minimum Gasteiger partial charge on any atom is -0.383 e. The van der Waals surface area contributed by atoms with Crippen LogP contribution in [0.5, 0.6) is 0 Å². The van der Waals surface area contributed by atoms with Crippen LogP contribution in [0.3, 0.4) is 0 Å². The third kappa shape index (κ3) is 5.04. The van der Waals surface area contributed by atoms with Crippen molar-refractivity contribution in [3.63, 3.8) is 0 Å². The predicted octanol–water partition coefficient (Wildman–Crippen LogP) is 1.39. The van der Waals surface area contributed by atoms with Crippen molar-refractivity contribution >= 4 is 5.96 Å². The molecule has 0 bridgehead atoms. The topological polar surface area (TPSA) is 98.3 Å². The molecule has 0 aliphatic heterocycles. The Labute approximate surface area is 152 Å². The molecule has 0 spiro atoms. The quantitative estimate of drug-likeness (QED) is 0.535. The number of nitrogens with one attached hydrogen (secondary N) is 2. The van der Waals surface area contributed by atoms with Crippen molar-refractivity contribution in [2.45, 2.75) is 26.0 Å². The highest BCUT2D eigenvalue weighted by Crippen LogP contribution is 2.18. The first-order valence-corrected chi connectivity index (χ1v) is 8.28. The summed E-state index contributed by atoms with van der Waals surface area (Å²) in [4.78, 5) is 4.33. The van der Waals surface area contributed by atoms with Gasteiger partial charge in [-0.1, -0.05) is 0 Å². The average molecular weight is 358 g/mol. The summed E-state index contributed by atoms with van der Waals surface area (Å²) in [7, 11) is 1.78. The number of benzene rings is 1. The average Bonchev–Trinajstić information content (AvgIpc) is 3.06. The summed E-state index contributed by atoms with van der Waals surface area (Å²) >= 11 is 0. The fourth-order valence-electron chi connectivity index (χ4n) is 2.33. The number of aromatic nitrogens is 2. The Morgan fingerprint density at radius 1 is 1.46 bits per heavy atom. The van der Waals surface area contributed by atoms with Crippen molar-refractivity contribution in [1.29, 1.82) is 5.26 Å². The minimum atomic E-state index is -1.14. The highest BCUT2D eigenvalue weighted by atomic mass is 19.1. The highest BCUT2D eigenvalue weighted by molar-refractivity contribution is 5.79. The Bertz CT molecular complexity index is 821. The van der Waals surface area contributed by atoms with Crippen LogP contribution >= 0.6 is 0 Å². The van der Waals surface area contributed by atoms with Crippen molar-refractivity contribution in [1.82, 2.24) is 20.4 Å². The van der Waals surface area contributed by atoms with Gasteiger partial charge < -0.3 is 15.7 Å². The number of nitriles is 1. The van der Waals surface area contributed by atoms with Gasteiger partial charge in [0.05, 0.1) is 30.9 Å². The van der Waals surface area contributed by atoms with Crippen LogP contribution in [-0.4, -0.2) is 33.9 Å². The third-order valence-electron chi connectivity index (χ3n) is 3.85. The fraction of sp³-hybridized carbons (Fsp3) is 0.389. The molecule has 26 heavy (non-hydrogen) atoms. The van der Waals surface area contributed by atoms with Crippen LogP contribution in [0.4, 0.5) is 4.39 Å². The lowest BCUT2D eigenvalue weighted by Crippen LogP contribution is -2.44. The van der Waals surface area contributed by atoms with Gasteiger partial charge >= 0.3 is 0 Å². The van der Waals surface area contributed by atoms with Crippen molar-refractivity contribution in [2.24, 2.45) is 12.0 Å². The molecule has 7 nitrogen and oxygen atoms in total. The molecule has 1 atom stereocenters. The van der Waals surface area contributed by atoms with Gasteiger partial charge in [-0.3, -0.25) is 4.68 Å². The highest BCUT2D eigenvalue weighted by Gasteiger charge is 2.25. The summed E-state index contributed by atoms with van der Waals surface area (Å²) in [6, 6.07) is 6.15. The largest absolute Gasteiger partial charge is 0.383 e. The summed E-state index contributed by atoms with van der Waals surface area (Å²) in [6.07, 6.45) is 3.35. The SMILES string of the molecule is CCNC(=NCc1cc(C#N)ccc1F)NCC(C)(O)c1cnn(C)c1. The summed E-state index contributed by atoms with van der Waals surface area (Å²) in [5.74, 6) is 0.0318. The van der Waals surface area contributed by atoms with E-state index in [2.05, 4.69) is 20.7 Å². The van der Waals surface area contributed by atoms with Crippen LogP contribution in [0.25, 0.3) is 0 Å². The number of hydrogen-bond acceptors (Lipinski definition) is 4. The Kier molecular flexibility index (Phi) is 6.31.